The summed E-state index contributed by atoms with van der Waals surface area (Å²) in [5, 5.41) is 16.3. The number of nitrogens with zero attached hydrogens (tertiary/aromatic N) is 3. The maximum absolute atomic E-state index is 15.7. The van der Waals surface area contributed by atoms with Crippen LogP contribution in [0.3, 0.4) is 0 Å². The lowest BCUT2D eigenvalue weighted by Crippen LogP contribution is -2.48. The molecule has 0 spiro atoms. The summed E-state index contributed by atoms with van der Waals surface area (Å²) in [6, 6.07) is 7.81. The van der Waals surface area contributed by atoms with Gasteiger partial charge < -0.3 is 20.9 Å². The van der Waals surface area contributed by atoms with Crippen LogP contribution in [-0.2, 0) is 0 Å². The van der Waals surface area contributed by atoms with Crippen LogP contribution in [0.1, 0.15) is 32.3 Å². The summed E-state index contributed by atoms with van der Waals surface area (Å²) < 4.78 is 28.5. The zero-order chi connectivity index (χ0) is 25.7. The number of aromatic nitrogens is 1. The lowest BCUT2D eigenvalue weighted by atomic mass is 9.92. The van der Waals surface area contributed by atoms with Crippen LogP contribution in [0.4, 0.5) is 14.6 Å². The molecule has 2 aromatic rings. The first-order valence-electron chi connectivity index (χ1n) is 12.7. The van der Waals surface area contributed by atoms with Crippen molar-refractivity contribution < 1.29 is 8.78 Å². The summed E-state index contributed by atoms with van der Waals surface area (Å²) in [6.07, 6.45) is 3.85. The number of anilines is 1. The number of alkyl halides is 2. The Hall–Kier alpha value is -2.49. The van der Waals surface area contributed by atoms with Crippen molar-refractivity contribution in [3.8, 4) is 0 Å². The Balaban J connectivity index is 1.51. The van der Waals surface area contributed by atoms with Crippen LogP contribution in [0.5, 0.6) is 0 Å². The third kappa shape index (κ3) is 6.25. The second-order valence-electron chi connectivity index (χ2n) is 10.2. The van der Waals surface area contributed by atoms with Crippen molar-refractivity contribution in [2.75, 3.05) is 57.8 Å². The molecule has 2 saturated heterocycles. The van der Waals surface area contributed by atoms with Crippen LogP contribution in [0.2, 0.25) is 0 Å². The van der Waals surface area contributed by atoms with Gasteiger partial charge in [-0.05, 0) is 29.0 Å². The number of likely N-dealkylation sites (tertiary alicyclic amines) is 1. The van der Waals surface area contributed by atoms with Gasteiger partial charge in [-0.25, -0.2) is 13.8 Å². The van der Waals surface area contributed by atoms with Crippen molar-refractivity contribution in [3.63, 3.8) is 0 Å². The Kier molecular flexibility index (Phi) is 8.64. The largest absolute Gasteiger partial charge is 0.385 e. The van der Waals surface area contributed by atoms with E-state index in [4.69, 9.17) is 17.6 Å². The molecule has 1 aromatic carbocycles. The summed E-state index contributed by atoms with van der Waals surface area (Å²) in [5.41, 5.74) is 1.05. The van der Waals surface area contributed by atoms with Gasteiger partial charge in [0.25, 0.3) is 0 Å². The van der Waals surface area contributed by atoms with E-state index in [-0.39, 0.29) is 11.7 Å². The molecule has 0 unspecified atom stereocenters. The molecule has 194 valence electrons. The quantitative estimate of drug-likeness (QED) is 0.352. The molecular weight excluding hydrogens is 478 g/mol. The highest BCUT2D eigenvalue weighted by Crippen LogP contribution is 2.30. The summed E-state index contributed by atoms with van der Waals surface area (Å²) in [4.78, 5) is 8.99. The van der Waals surface area contributed by atoms with Gasteiger partial charge >= 0.3 is 0 Å². The van der Waals surface area contributed by atoms with E-state index in [2.05, 4.69) is 34.4 Å². The average Bonchev–Trinajstić information content (AvgIpc) is 2.86. The number of piperidine rings is 1. The monoisotopic (exact) mass is 514 g/mol. The zero-order valence-corrected chi connectivity index (χ0v) is 21.9. The number of pyridine rings is 1. The van der Waals surface area contributed by atoms with Gasteiger partial charge in [0.1, 0.15) is 17.5 Å². The number of nitrogens with one attached hydrogen (secondary N) is 3. The molecule has 0 radical (unpaired) electrons. The number of rotatable bonds is 8. The van der Waals surface area contributed by atoms with Crippen LogP contribution >= 0.6 is 12.2 Å². The number of hydrogen-bond acceptors (Lipinski definition) is 6. The first-order chi connectivity index (χ1) is 17.3. The SMILES string of the molecule is CC(C)CN1CCC(F)(C(=S)Nc2cc3cc(/C(C=N)=C4\CN(CCF)CCN4)ccc3cn2)CC1. The van der Waals surface area contributed by atoms with E-state index in [9.17, 15) is 4.39 Å². The van der Waals surface area contributed by atoms with Crippen LogP contribution in [-0.4, -0.2) is 84.1 Å². The minimum atomic E-state index is -1.53. The molecule has 3 N–H and O–H groups in total. The predicted octanol–water partition coefficient (Wildman–Crippen LogP) is 4.67. The van der Waals surface area contributed by atoms with E-state index >= 15 is 4.39 Å². The van der Waals surface area contributed by atoms with Gasteiger partial charge in [0.05, 0.1) is 0 Å². The highest BCUT2D eigenvalue weighted by atomic mass is 32.1. The molecule has 2 fully saturated rings. The molecule has 0 bridgehead atoms. The highest BCUT2D eigenvalue weighted by Gasteiger charge is 2.39. The molecule has 4 rings (SSSR count). The van der Waals surface area contributed by atoms with Crippen LogP contribution < -0.4 is 10.6 Å². The molecule has 36 heavy (non-hydrogen) atoms. The first-order valence-corrected chi connectivity index (χ1v) is 13.1. The second-order valence-corrected chi connectivity index (χ2v) is 10.6. The van der Waals surface area contributed by atoms with E-state index in [0.717, 1.165) is 47.2 Å². The van der Waals surface area contributed by atoms with Gasteiger partial charge in [-0.1, -0.05) is 38.2 Å². The maximum atomic E-state index is 15.7. The molecular formula is C27H36F2N6S. The lowest BCUT2D eigenvalue weighted by Gasteiger charge is -2.37. The molecule has 2 aliphatic rings. The van der Waals surface area contributed by atoms with Crippen molar-refractivity contribution in [2.24, 2.45) is 5.92 Å². The van der Waals surface area contributed by atoms with Crippen molar-refractivity contribution in [1.82, 2.24) is 20.1 Å². The number of piperazine rings is 1. The fourth-order valence-corrected chi connectivity index (χ4v) is 5.31. The molecule has 6 nitrogen and oxygen atoms in total. The van der Waals surface area contributed by atoms with Crippen molar-refractivity contribution in [3.05, 3.63) is 41.7 Å². The molecule has 0 atom stereocenters. The zero-order valence-electron chi connectivity index (χ0n) is 21.1. The first kappa shape index (κ1) is 26.6. The van der Waals surface area contributed by atoms with Crippen LogP contribution in [0, 0.1) is 11.3 Å². The average molecular weight is 515 g/mol. The summed E-state index contributed by atoms with van der Waals surface area (Å²) in [7, 11) is 0. The van der Waals surface area contributed by atoms with Crippen LogP contribution in [0.15, 0.2) is 36.2 Å². The Bertz CT molecular complexity index is 1120. The van der Waals surface area contributed by atoms with Crippen molar-refractivity contribution in [2.45, 2.75) is 32.4 Å². The number of hydrogen-bond donors (Lipinski definition) is 3. The van der Waals surface area contributed by atoms with E-state index in [1.807, 2.05) is 29.2 Å². The standard InChI is InChI=1S/C27H36F2N6S/c1-19(2)17-34-9-5-27(29,6-10-34)26(36)33-25-14-22-13-20(3-4-21(22)16-32-25)23(15-30)24-18-35(11-7-28)12-8-31-24/h3-4,13-16,19,30-31H,5-12,17-18H2,1-2H3,(H,32,33,36)/b24-23+,30-15?. The molecule has 0 amide bonds. The van der Waals surface area contributed by atoms with Gasteiger partial charge in [0, 0.05) is 87.7 Å². The Morgan fingerprint density at radius 2 is 2.00 bits per heavy atom. The van der Waals surface area contributed by atoms with Gasteiger partial charge in [-0.3, -0.25) is 4.90 Å². The Morgan fingerprint density at radius 1 is 1.22 bits per heavy atom. The normalized spacial score (nSPS) is 20.2. The fraction of sp³-hybridized carbons (Fsp3) is 0.519. The minimum Gasteiger partial charge on any atom is -0.385 e. The second kappa shape index (κ2) is 11.7. The van der Waals surface area contributed by atoms with Crippen molar-refractivity contribution in [1.29, 1.82) is 5.41 Å². The summed E-state index contributed by atoms with van der Waals surface area (Å²) in [5.74, 6) is 1.07. The maximum Gasteiger partial charge on any atom is 0.163 e. The molecule has 2 aliphatic heterocycles. The lowest BCUT2D eigenvalue weighted by molar-refractivity contribution is 0.105. The molecule has 0 aliphatic carbocycles. The van der Waals surface area contributed by atoms with E-state index in [0.29, 0.717) is 50.8 Å². The Morgan fingerprint density at radius 3 is 2.69 bits per heavy atom. The predicted molar refractivity (Wildman–Crippen MR) is 148 cm³/mol. The Labute approximate surface area is 217 Å². The summed E-state index contributed by atoms with van der Waals surface area (Å²) in [6.45, 7) is 8.80. The highest BCUT2D eigenvalue weighted by molar-refractivity contribution is 7.80. The van der Waals surface area contributed by atoms with E-state index in [1.54, 1.807) is 6.20 Å². The van der Waals surface area contributed by atoms with Gasteiger partial charge in [0.15, 0.2) is 5.67 Å². The third-order valence-corrected chi connectivity index (χ3v) is 7.44. The topological polar surface area (TPSA) is 67.3 Å². The number of allylic oxidation sites excluding steroid dienone is 1. The van der Waals surface area contributed by atoms with Gasteiger partial charge in [-0.2, -0.15) is 0 Å². The molecule has 9 heteroatoms. The fourth-order valence-electron chi connectivity index (χ4n) is 5.00. The third-order valence-electron chi connectivity index (χ3n) is 6.97. The summed E-state index contributed by atoms with van der Waals surface area (Å²) >= 11 is 5.50. The van der Waals surface area contributed by atoms with Crippen molar-refractivity contribution >= 4 is 45.6 Å². The number of fused-ring (bicyclic) bond motifs is 1. The van der Waals surface area contributed by atoms with Crippen LogP contribution in [0.25, 0.3) is 16.3 Å². The molecule has 1 aromatic heterocycles. The number of halogens is 2. The van der Waals surface area contributed by atoms with Gasteiger partial charge in [0.2, 0.25) is 0 Å². The van der Waals surface area contributed by atoms with Gasteiger partial charge in [-0.15, -0.1) is 0 Å². The number of benzene rings is 1. The van der Waals surface area contributed by atoms with E-state index < -0.39 is 5.67 Å². The van der Waals surface area contributed by atoms with E-state index in [1.165, 1.54) is 6.21 Å². The number of thiocarbonyl (C=S) groups is 1. The molecule has 3 heterocycles. The molecule has 0 saturated carbocycles. The smallest absolute Gasteiger partial charge is 0.163 e. The minimum absolute atomic E-state index is 0.191.